The lowest BCUT2D eigenvalue weighted by Crippen LogP contribution is -2.34. The lowest BCUT2D eigenvalue weighted by Gasteiger charge is -2.19. The van der Waals surface area contributed by atoms with E-state index in [4.69, 9.17) is 9.84 Å². The van der Waals surface area contributed by atoms with Crippen molar-refractivity contribution in [2.24, 2.45) is 0 Å². The van der Waals surface area contributed by atoms with Crippen LogP contribution in [0.15, 0.2) is 52.3 Å². The van der Waals surface area contributed by atoms with Crippen LogP contribution in [0.2, 0.25) is 6.82 Å². The predicted octanol–water partition coefficient (Wildman–Crippen LogP) is 1.93. The topological polar surface area (TPSA) is 87.1 Å². The maximum atomic E-state index is 13.5. The summed E-state index contributed by atoms with van der Waals surface area (Å²) in [6, 6.07) is 9.49. The van der Waals surface area contributed by atoms with Crippen molar-refractivity contribution in [3.8, 4) is 5.75 Å². The molecule has 1 aliphatic rings. The summed E-state index contributed by atoms with van der Waals surface area (Å²) in [5.74, 6) is -0.170. The summed E-state index contributed by atoms with van der Waals surface area (Å²) in [4.78, 5) is 1.80. The molecule has 0 aliphatic carbocycles. The minimum Gasteiger partial charge on any atom is -0.491 e. The largest absolute Gasteiger partial charge is 0.491 e. The van der Waals surface area contributed by atoms with Crippen molar-refractivity contribution in [3.63, 3.8) is 0 Å². The van der Waals surface area contributed by atoms with Gasteiger partial charge in [-0.05, 0) is 62.2 Å². The van der Waals surface area contributed by atoms with E-state index >= 15 is 0 Å². The average molecular weight is 407 g/mol. The number of hydrogen-bond donors (Lipinski definition) is 2. The van der Waals surface area contributed by atoms with E-state index in [-0.39, 0.29) is 28.9 Å². The van der Waals surface area contributed by atoms with E-state index < -0.39 is 22.7 Å². The first-order valence-electron chi connectivity index (χ1n) is 9.13. The maximum Gasteiger partial charge on any atom is 0.376 e. The number of nitrogens with zero attached hydrogens (tertiary/aromatic N) is 1. The van der Waals surface area contributed by atoms with Crippen LogP contribution in [0.1, 0.15) is 17.9 Å². The maximum absolute atomic E-state index is 13.5. The zero-order valence-electron chi connectivity index (χ0n) is 15.6. The van der Waals surface area contributed by atoms with Crippen LogP contribution < -0.4 is 4.74 Å². The highest BCUT2D eigenvalue weighted by Gasteiger charge is 2.31. The van der Waals surface area contributed by atoms with Gasteiger partial charge in [-0.2, -0.15) is 0 Å². The summed E-state index contributed by atoms with van der Waals surface area (Å²) in [6.07, 6.45) is 0.802. The Morgan fingerprint density at radius 2 is 2.00 bits per heavy atom. The van der Waals surface area contributed by atoms with Crippen LogP contribution in [0.3, 0.4) is 0 Å². The zero-order chi connectivity index (χ0) is 20.3. The van der Waals surface area contributed by atoms with Gasteiger partial charge >= 0.3 is 7.05 Å². The molecule has 0 saturated carbocycles. The highest BCUT2D eigenvalue weighted by Crippen LogP contribution is 2.36. The van der Waals surface area contributed by atoms with Gasteiger partial charge in [0.25, 0.3) is 0 Å². The van der Waals surface area contributed by atoms with Crippen molar-refractivity contribution in [2.75, 3.05) is 26.3 Å². The number of aliphatic hydroxyl groups is 1. The second-order valence-electron chi connectivity index (χ2n) is 6.84. The van der Waals surface area contributed by atoms with Gasteiger partial charge in [0.2, 0.25) is 9.84 Å². The highest BCUT2D eigenvalue weighted by molar-refractivity contribution is 7.91. The minimum absolute atomic E-state index is 0.000157. The molecule has 1 unspecified atom stereocenters. The van der Waals surface area contributed by atoms with Crippen molar-refractivity contribution < 1.29 is 27.7 Å². The fourth-order valence-corrected chi connectivity index (χ4v) is 4.76. The molecule has 0 bridgehead atoms. The third-order valence-corrected chi connectivity index (χ3v) is 6.69. The van der Waals surface area contributed by atoms with Crippen molar-refractivity contribution in [1.82, 2.24) is 4.81 Å². The van der Waals surface area contributed by atoms with Gasteiger partial charge in [-0.25, -0.2) is 12.8 Å². The number of hydrogen-bond acceptors (Lipinski definition) is 6. The molecule has 1 fully saturated rings. The molecule has 9 heteroatoms. The van der Waals surface area contributed by atoms with Crippen molar-refractivity contribution >= 4 is 16.9 Å². The molecule has 0 amide bonds. The van der Waals surface area contributed by atoms with E-state index in [1.54, 1.807) is 12.9 Å². The molecule has 150 valence electrons. The molecular weight excluding hydrogens is 384 g/mol. The molecule has 1 saturated heterocycles. The van der Waals surface area contributed by atoms with Gasteiger partial charge in [-0.15, -0.1) is 0 Å². The van der Waals surface area contributed by atoms with E-state index in [0.29, 0.717) is 12.3 Å². The third-order valence-electron chi connectivity index (χ3n) is 4.94. The van der Waals surface area contributed by atoms with Gasteiger partial charge in [-0.1, -0.05) is 12.1 Å². The van der Waals surface area contributed by atoms with Crippen LogP contribution in [-0.2, 0) is 9.84 Å². The summed E-state index contributed by atoms with van der Waals surface area (Å²) in [5.41, 5.74) is 0.829. The number of benzene rings is 2. The second kappa shape index (κ2) is 8.61. The van der Waals surface area contributed by atoms with E-state index in [1.807, 2.05) is 4.81 Å². The molecule has 0 radical (unpaired) electrons. The number of aliphatic hydroxyl groups excluding tert-OH is 1. The Hall–Kier alpha value is -1.94. The fourth-order valence-electron chi connectivity index (χ4n) is 3.45. The highest BCUT2D eigenvalue weighted by atomic mass is 32.2. The quantitative estimate of drug-likeness (QED) is 0.683. The average Bonchev–Trinajstić information content (AvgIpc) is 3.16. The second-order valence-corrected chi connectivity index (χ2v) is 8.79. The summed E-state index contributed by atoms with van der Waals surface area (Å²) >= 11 is 0. The molecule has 6 nitrogen and oxygen atoms in total. The summed E-state index contributed by atoms with van der Waals surface area (Å²) in [5, 5.41) is 18.9. The number of sulfone groups is 1. The molecule has 2 aromatic carbocycles. The molecule has 2 N–H and O–H groups in total. The van der Waals surface area contributed by atoms with Gasteiger partial charge in [0.05, 0.1) is 16.4 Å². The summed E-state index contributed by atoms with van der Waals surface area (Å²) in [6.45, 7) is 2.89. The Kier molecular flexibility index (Phi) is 6.39. The molecule has 28 heavy (non-hydrogen) atoms. The first-order valence-corrected chi connectivity index (χ1v) is 10.6. The van der Waals surface area contributed by atoms with Gasteiger partial charge in [-0.3, -0.25) is 0 Å². The molecule has 3 rings (SSSR count). The summed E-state index contributed by atoms with van der Waals surface area (Å²) in [7, 11) is -4.46. The number of rotatable bonds is 7. The van der Waals surface area contributed by atoms with Gasteiger partial charge in [0.15, 0.2) is 0 Å². The smallest absolute Gasteiger partial charge is 0.376 e. The minimum atomic E-state index is -3.91. The van der Waals surface area contributed by atoms with Gasteiger partial charge in [0, 0.05) is 5.92 Å². The number of halogens is 1. The Morgan fingerprint density at radius 1 is 1.25 bits per heavy atom. The molecule has 1 aliphatic heterocycles. The number of ether oxygens (including phenoxy) is 1. The summed E-state index contributed by atoms with van der Waals surface area (Å²) < 4.78 is 44.9. The van der Waals surface area contributed by atoms with Crippen LogP contribution in [-0.4, -0.2) is 56.7 Å². The van der Waals surface area contributed by atoms with E-state index in [0.717, 1.165) is 24.6 Å². The first-order chi connectivity index (χ1) is 13.3. The van der Waals surface area contributed by atoms with Crippen LogP contribution in [0.5, 0.6) is 5.75 Å². The Labute approximate surface area is 164 Å². The Bertz CT molecular complexity index is 938. The van der Waals surface area contributed by atoms with Crippen molar-refractivity contribution in [1.29, 1.82) is 0 Å². The lowest BCUT2D eigenvalue weighted by molar-refractivity contribution is 0.199. The Morgan fingerprint density at radius 3 is 2.64 bits per heavy atom. The van der Waals surface area contributed by atoms with E-state index in [1.165, 1.54) is 30.3 Å². The predicted molar refractivity (Wildman–Crippen MR) is 104 cm³/mol. The van der Waals surface area contributed by atoms with Crippen molar-refractivity contribution in [2.45, 2.75) is 29.0 Å². The van der Waals surface area contributed by atoms with Crippen LogP contribution in [0, 0.1) is 5.82 Å². The van der Waals surface area contributed by atoms with Gasteiger partial charge in [0.1, 0.15) is 18.2 Å². The van der Waals surface area contributed by atoms with Gasteiger partial charge < -0.3 is 19.7 Å². The zero-order valence-corrected chi connectivity index (χ0v) is 16.4. The lowest BCUT2D eigenvalue weighted by atomic mass is 9.85. The van der Waals surface area contributed by atoms with Crippen LogP contribution in [0.4, 0.5) is 4.39 Å². The van der Waals surface area contributed by atoms with E-state index in [2.05, 4.69) is 0 Å². The molecule has 1 atom stereocenters. The SMILES string of the molecule is CB(O)N1CCC(c2ccc(S(=O)(=O)c3cccc(F)c3)cc2OCCO)C1. The molecule has 0 aromatic heterocycles. The Balaban J connectivity index is 1.97. The standard InChI is InChI=1S/C19H23BFNO5S/c1-20(24)22-8-7-14(13-22)18-6-5-17(12-19(18)27-10-9-23)28(25,26)16-4-2-3-15(21)11-16/h2-6,11-12,14,23-24H,7-10,13H2,1H3. The van der Waals surface area contributed by atoms with E-state index in [9.17, 15) is 17.8 Å². The third kappa shape index (κ3) is 4.38. The molecular formula is C19H23BFNO5S. The monoisotopic (exact) mass is 407 g/mol. The van der Waals surface area contributed by atoms with Crippen LogP contribution >= 0.6 is 0 Å². The first kappa shape index (κ1) is 20.8. The molecule has 1 heterocycles. The molecule has 2 aromatic rings. The molecule has 0 spiro atoms. The van der Waals surface area contributed by atoms with Crippen LogP contribution in [0.25, 0.3) is 0 Å². The van der Waals surface area contributed by atoms with Crippen molar-refractivity contribution in [3.05, 3.63) is 53.8 Å². The normalized spacial score (nSPS) is 17.6. The fraction of sp³-hybridized carbons (Fsp3) is 0.368.